The lowest BCUT2D eigenvalue weighted by atomic mass is 10.2. The van der Waals surface area contributed by atoms with Gasteiger partial charge in [-0.25, -0.2) is 0 Å². The largest absolute Gasteiger partial charge is 0.269 e. The number of nitrogens with zero attached hydrogens (tertiary/aromatic N) is 1. The van der Waals surface area contributed by atoms with Gasteiger partial charge in [0.05, 0.1) is 4.92 Å². The molecule has 0 N–H and O–H groups in total. The first-order valence-corrected chi connectivity index (χ1v) is 4.16. The number of hydrogen-bond acceptors (Lipinski definition) is 2. The fourth-order valence-electron chi connectivity index (χ4n) is 0.818. The maximum atomic E-state index is 12.3. The quantitative estimate of drug-likeness (QED) is 0.593. The number of nitro benzene ring substituents is 1. The fraction of sp³-hybridized carbons (Fsp3) is 0. The summed E-state index contributed by atoms with van der Waals surface area (Å²) >= 11 is 2.62. The van der Waals surface area contributed by atoms with Crippen molar-refractivity contribution < 1.29 is 9.31 Å². The average Bonchev–Trinajstić information content (AvgIpc) is 2.04. The first-order chi connectivity index (χ1) is 6.09. The Morgan fingerprint density at radius 2 is 2.00 bits per heavy atom. The Morgan fingerprint density at radius 1 is 1.46 bits per heavy atom. The Bertz CT molecular complexity index is 344. The summed E-state index contributed by atoms with van der Waals surface area (Å²) in [6.45, 7) is 0. The van der Waals surface area contributed by atoms with Gasteiger partial charge in [0.25, 0.3) is 5.69 Å². The van der Waals surface area contributed by atoms with Crippen LogP contribution in [0.15, 0.2) is 29.0 Å². The third-order valence-electron chi connectivity index (χ3n) is 1.38. The number of rotatable bonds is 2. The predicted molar refractivity (Wildman–Crippen MR) is 51.1 cm³/mol. The van der Waals surface area contributed by atoms with Gasteiger partial charge < -0.3 is 0 Å². The normalized spacial score (nSPS) is 11.4. The number of benzene rings is 1. The van der Waals surface area contributed by atoms with Gasteiger partial charge in [-0.2, -0.15) is 4.39 Å². The van der Waals surface area contributed by atoms with Crippen LogP contribution in [0.25, 0.3) is 6.08 Å². The highest BCUT2D eigenvalue weighted by Gasteiger charge is 2.02. The van der Waals surface area contributed by atoms with E-state index in [1.165, 1.54) is 30.3 Å². The molecule has 1 aromatic carbocycles. The van der Waals surface area contributed by atoms with Crippen LogP contribution in [0.3, 0.4) is 0 Å². The van der Waals surface area contributed by atoms with Gasteiger partial charge in [0.1, 0.15) is 0 Å². The highest BCUT2D eigenvalue weighted by Crippen LogP contribution is 2.16. The van der Waals surface area contributed by atoms with Crippen LogP contribution in [0.5, 0.6) is 0 Å². The summed E-state index contributed by atoms with van der Waals surface area (Å²) < 4.78 is 11.8. The van der Waals surface area contributed by atoms with Gasteiger partial charge in [0, 0.05) is 12.1 Å². The zero-order valence-electron chi connectivity index (χ0n) is 6.41. The molecule has 0 spiro atoms. The van der Waals surface area contributed by atoms with E-state index in [1.54, 1.807) is 0 Å². The molecule has 0 aliphatic carbocycles. The molecule has 0 fully saturated rings. The average molecular weight is 246 g/mol. The van der Waals surface area contributed by atoms with Crippen LogP contribution in [0, 0.1) is 10.1 Å². The molecule has 0 aliphatic heterocycles. The van der Waals surface area contributed by atoms with Crippen molar-refractivity contribution in [1.29, 1.82) is 0 Å². The lowest BCUT2D eigenvalue weighted by Crippen LogP contribution is -1.86. The van der Waals surface area contributed by atoms with Crippen molar-refractivity contribution in [3.8, 4) is 0 Å². The number of hydrogen-bond donors (Lipinski definition) is 0. The fourth-order valence-corrected chi connectivity index (χ4v) is 1.08. The minimum atomic E-state index is -0.513. The van der Waals surface area contributed by atoms with Crippen LogP contribution >= 0.6 is 15.9 Å². The van der Waals surface area contributed by atoms with Crippen molar-refractivity contribution in [2.75, 3.05) is 0 Å². The topological polar surface area (TPSA) is 43.1 Å². The molecule has 0 radical (unpaired) electrons. The van der Waals surface area contributed by atoms with E-state index in [1.807, 2.05) is 0 Å². The van der Waals surface area contributed by atoms with Crippen molar-refractivity contribution in [3.63, 3.8) is 0 Å². The second-order valence-corrected chi connectivity index (χ2v) is 3.04. The third-order valence-corrected chi connectivity index (χ3v) is 1.61. The molecular weight excluding hydrogens is 241 g/mol. The van der Waals surface area contributed by atoms with Crippen LogP contribution < -0.4 is 0 Å². The molecule has 0 aliphatic rings. The molecule has 0 saturated carbocycles. The summed E-state index contributed by atoms with van der Waals surface area (Å²) in [6, 6.07) is 5.58. The molecule has 3 nitrogen and oxygen atoms in total. The maximum absolute atomic E-state index is 12.3. The molecule has 0 unspecified atom stereocenters. The number of halogens is 2. The minimum Gasteiger partial charge on any atom is -0.258 e. The van der Waals surface area contributed by atoms with E-state index in [0.29, 0.717) is 5.56 Å². The van der Waals surface area contributed by atoms with Crippen LogP contribution in [0.1, 0.15) is 5.56 Å². The number of nitro groups is 1. The van der Waals surface area contributed by atoms with E-state index in [4.69, 9.17) is 0 Å². The Kier molecular flexibility index (Phi) is 3.13. The highest BCUT2D eigenvalue weighted by atomic mass is 79.9. The first-order valence-electron chi connectivity index (χ1n) is 3.37. The molecule has 1 rings (SSSR count). The van der Waals surface area contributed by atoms with Crippen LogP contribution in [-0.2, 0) is 0 Å². The smallest absolute Gasteiger partial charge is 0.258 e. The summed E-state index contributed by atoms with van der Waals surface area (Å²) in [5, 5.41) is 10.2. The molecule has 0 bridgehead atoms. The Hall–Kier alpha value is -1.23. The molecule has 0 amide bonds. The number of non-ortho nitro benzene ring substituents is 1. The molecular formula is C8H5BrFNO2. The van der Waals surface area contributed by atoms with Crippen molar-refractivity contribution in [1.82, 2.24) is 0 Å². The summed E-state index contributed by atoms with van der Waals surface area (Å²) in [5.41, 5.74) is 0.562. The first kappa shape index (κ1) is 9.85. The molecule has 0 aromatic heterocycles. The molecule has 68 valence electrons. The van der Waals surface area contributed by atoms with Crippen LogP contribution in [0.4, 0.5) is 10.1 Å². The molecule has 0 atom stereocenters. The van der Waals surface area contributed by atoms with Gasteiger partial charge in [-0.3, -0.25) is 10.1 Å². The third kappa shape index (κ3) is 2.95. The second-order valence-electron chi connectivity index (χ2n) is 2.28. The lowest BCUT2D eigenvalue weighted by molar-refractivity contribution is -0.384. The Morgan fingerprint density at radius 3 is 2.38 bits per heavy atom. The van der Waals surface area contributed by atoms with Gasteiger partial charge in [-0.15, -0.1) is 0 Å². The van der Waals surface area contributed by atoms with E-state index >= 15 is 0 Å². The van der Waals surface area contributed by atoms with Gasteiger partial charge in [-0.05, 0) is 39.7 Å². The van der Waals surface area contributed by atoms with Crippen molar-refractivity contribution in [3.05, 3.63) is 44.7 Å². The van der Waals surface area contributed by atoms with Crippen molar-refractivity contribution in [2.45, 2.75) is 0 Å². The van der Waals surface area contributed by atoms with E-state index in [2.05, 4.69) is 15.9 Å². The molecule has 1 aromatic rings. The summed E-state index contributed by atoms with van der Waals surface area (Å²) in [7, 11) is 0. The standard InChI is InChI=1S/C8H5BrFNO2/c9-8(10)5-6-1-3-7(4-2-6)11(12)13/h1-5H/b8-5-. The Labute approximate surface area is 82.2 Å². The maximum Gasteiger partial charge on any atom is 0.269 e. The van der Waals surface area contributed by atoms with Gasteiger partial charge in [-0.1, -0.05) is 0 Å². The van der Waals surface area contributed by atoms with E-state index in [0.717, 1.165) is 0 Å². The zero-order valence-corrected chi connectivity index (χ0v) is 7.99. The van der Waals surface area contributed by atoms with Gasteiger partial charge >= 0.3 is 0 Å². The highest BCUT2D eigenvalue weighted by molar-refractivity contribution is 9.11. The summed E-state index contributed by atoms with van der Waals surface area (Å²) in [6.07, 6.45) is 1.23. The summed E-state index contributed by atoms with van der Waals surface area (Å²) in [4.78, 5) is 9.74. The summed E-state index contributed by atoms with van der Waals surface area (Å²) in [5.74, 6) is 0. The van der Waals surface area contributed by atoms with Crippen molar-refractivity contribution in [2.24, 2.45) is 0 Å². The molecule has 13 heavy (non-hydrogen) atoms. The molecule has 0 heterocycles. The van der Waals surface area contributed by atoms with E-state index in [-0.39, 0.29) is 5.69 Å². The van der Waals surface area contributed by atoms with E-state index < -0.39 is 9.66 Å². The predicted octanol–water partition coefficient (Wildman–Crippen LogP) is 3.26. The second kappa shape index (κ2) is 4.13. The lowest BCUT2D eigenvalue weighted by Gasteiger charge is -1.92. The van der Waals surface area contributed by atoms with Crippen LogP contribution in [-0.4, -0.2) is 4.92 Å². The minimum absolute atomic E-state index is 0.00729. The molecule has 5 heteroatoms. The monoisotopic (exact) mass is 245 g/mol. The Balaban J connectivity index is 2.94. The van der Waals surface area contributed by atoms with Gasteiger partial charge in [0.2, 0.25) is 0 Å². The SMILES string of the molecule is O=[N+]([O-])c1ccc(/C=C(\F)Br)cc1. The zero-order chi connectivity index (χ0) is 9.84. The van der Waals surface area contributed by atoms with Gasteiger partial charge in [0.15, 0.2) is 4.74 Å². The molecule has 0 saturated heterocycles. The van der Waals surface area contributed by atoms with E-state index in [9.17, 15) is 14.5 Å². The van der Waals surface area contributed by atoms with Crippen molar-refractivity contribution >= 4 is 27.7 Å². The van der Waals surface area contributed by atoms with Crippen LogP contribution in [0.2, 0.25) is 0 Å².